The number of amides is 1. The van der Waals surface area contributed by atoms with Crippen molar-refractivity contribution in [1.29, 1.82) is 0 Å². The second kappa shape index (κ2) is 5.30. The molecule has 2 fully saturated rings. The molecule has 2 aliphatic rings. The van der Waals surface area contributed by atoms with E-state index in [0.717, 1.165) is 25.3 Å². The van der Waals surface area contributed by atoms with Gasteiger partial charge in [0.2, 0.25) is 5.91 Å². The molecule has 3 rings (SSSR count). The third-order valence-corrected chi connectivity index (χ3v) is 5.15. The Balaban J connectivity index is 1.77. The molecule has 0 aromatic heterocycles. The van der Waals surface area contributed by atoms with Crippen LogP contribution in [0.5, 0.6) is 0 Å². The molecule has 1 aliphatic carbocycles. The molecule has 1 aromatic carbocycles. The zero-order valence-corrected chi connectivity index (χ0v) is 12.9. The van der Waals surface area contributed by atoms with E-state index in [9.17, 15) is 13.6 Å². The van der Waals surface area contributed by atoms with Crippen molar-refractivity contribution in [2.45, 2.75) is 44.6 Å². The van der Waals surface area contributed by atoms with Gasteiger partial charge in [-0.05, 0) is 36.3 Å². The molecule has 1 saturated heterocycles. The van der Waals surface area contributed by atoms with E-state index >= 15 is 0 Å². The third kappa shape index (κ3) is 2.51. The summed E-state index contributed by atoms with van der Waals surface area (Å²) in [5, 5.41) is 2.90. The van der Waals surface area contributed by atoms with E-state index in [1.54, 1.807) is 0 Å². The molecule has 2 unspecified atom stereocenters. The number of carbonyl (C=O) groups excluding carboxylic acids is 1. The number of hydrogen-bond donors (Lipinski definition) is 1. The van der Waals surface area contributed by atoms with Crippen LogP contribution in [0.15, 0.2) is 18.2 Å². The molecule has 2 atom stereocenters. The highest BCUT2D eigenvalue weighted by molar-refractivity contribution is 5.81. The first-order valence-corrected chi connectivity index (χ1v) is 7.71. The van der Waals surface area contributed by atoms with Crippen LogP contribution in [0.4, 0.5) is 8.78 Å². The lowest BCUT2D eigenvalue weighted by Crippen LogP contribution is -2.40. The Kier molecular flexibility index (Phi) is 3.71. The van der Waals surface area contributed by atoms with Gasteiger partial charge in [-0.3, -0.25) is 4.79 Å². The topological polar surface area (TPSA) is 38.3 Å². The van der Waals surface area contributed by atoms with Gasteiger partial charge in [-0.2, -0.15) is 0 Å². The molecule has 0 spiro atoms. The van der Waals surface area contributed by atoms with Crippen LogP contribution < -0.4 is 5.32 Å². The summed E-state index contributed by atoms with van der Waals surface area (Å²) in [6.45, 7) is 5.03. The molecule has 1 aromatic rings. The van der Waals surface area contributed by atoms with E-state index in [0.29, 0.717) is 18.7 Å². The predicted octanol–water partition coefficient (Wildman–Crippen LogP) is 2.93. The minimum atomic E-state index is -0.585. The molecular formula is C17H21F2NO2. The van der Waals surface area contributed by atoms with Gasteiger partial charge in [0.25, 0.3) is 0 Å². The first-order valence-electron chi connectivity index (χ1n) is 7.71. The molecule has 0 radical (unpaired) electrons. The van der Waals surface area contributed by atoms with Crippen molar-refractivity contribution >= 4 is 5.91 Å². The van der Waals surface area contributed by atoms with Crippen LogP contribution in [0, 0.1) is 17.0 Å². The maximum Gasteiger partial charge on any atom is 0.249 e. The number of ether oxygens (including phenoxy) is 1. The third-order valence-electron chi connectivity index (χ3n) is 5.15. The molecule has 22 heavy (non-hydrogen) atoms. The standard InChI is InChI=1S/C17H21F2NO2/c1-16(2)9-17(16,12-6-5-11(18)8-13(12)19)10-20-15(21)14-4-3-7-22-14/h5-6,8,14H,3-4,7,9-10H2,1-2H3,(H,20,21). The number of nitrogens with one attached hydrogen (secondary N) is 1. The fourth-order valence-corrected chi connectivity index (χ4v) is 3.58. The highest BCUT2D eigenvalue weighted by Gasteiger charge is 2.62. The number of carbonyl (C=O) groups is 1. The summed E-state index contributed by atoms with van der Waals surface area (Å²) in [5.74, 6) is -1.27. The summed E-state index contributed by atoms with van der Waals surface area (Å²) in [4.78, 5) is 12.1. The van der Waals surface area contributed by atoms with Crippen LogP contribution in [0.2, 0.25) is 0 Å². The van der Waals surface area contributed by atoms with Gasteiger partial charge >= 0.3 is 0 Å². The highest BCUT2D eigenvalue weighted by atomic mass is 19.1. The lowest BCUT2D eigenvalue weighted by Gasteiger charge is -2.23. The average Bonchev–Trinajstić information content (AvgIpc) is 2.81. The smallest absolute Gasteiger partial charge is 0.249 e. The zero-order chi connectivity index (χ0) is 16.0. The Hall–Kier alpha value is -1.49. The largest absolute Gasteiger partial charge is 0.368 e. The minimum absolute atomic E-state index is 0.129. The highest BCUT2D eigenvalue weighted by Crippen LogP contribution is 2.64. The Labute approximate surface area is 129 Å². The lowest BCUT2D eigenvalue weighted by atomic mass is 9.87. The molecule has 0 bridgehead atoms. The summed E-state index contributed by atoms with van der Waals surface area (Å²) in [6.07, 6.45) is 1.99. The first kappa shape index (κ1) is 15.4. The van der Waals surface area contributed by atoms with E-state index < -0.39 is 23.2 Å². The van der Waals surface area contributed by atoms with E-state index in [1.807, 2.05) is 13.8 Å². The number of halogens is 2. The normalized spacial score (nSPS) is 29.4. The number of rotatable bonds is 4. The van der Waals surface area contributed by atoms with Crippen molar-refractivity contribution < 1.29 is 18.3 Å². The summed E-state index contributed by atoms with van der Waals surface area (Å²) in [7, 11) is 0. The van der Waals surface area contributed by atoms with Gasteiger partial charge in [0.1, 0.15) is 17.7 Å². The van der Waals surface area contributed by atoms with Gasteiger partial charge in [0, 0.05) is 24.6 Å². The van der Waals surface area contributed by atoms with Crippen molar-refractivity contribution in [2.24, 2.45) is 5.41 Å². The van der Waals surface area contributed by atoms with Crippen molar-refractivity contribution in [3.05, 3.63) is 35.4 Å². The van der Waals surface area contributed by atoms with Gasteiger partial charge in [0.05, 0.1) is 0 Å². The molecule has 1 heterocycles. The van der Waals surface area contributed by atoms with Crippen LogP contribution in [0.1, 0.15) is 38.7 Å². The monoisotopic (exact) mass is 309 g/mol. The number of hydrogen-bond acceptors (Lipinski definition) is 2. The molecule has 1 aliphatic heterocycles. The van der Waals surface area contributed by atoms with E-state index in [2.05, 4.69) is 5.32 Å². The summed E-state index contributed by atoms with van der Waals surface area (Å²) in [6, 6.07) is 3.68. The quantitative estimate of drug-likeness (QED) is 0.928. The SMILES string of the molecule is CC1(C)CC1(CNC(=O)C1CCCO1)c1ccc(F)cc1F. The Morgan fingerprint density at radius 1 is 1.41 bits per heavy atom. The molecule has 3 nitrogen and oxygen atoms in total. The molecule has 120 valence electrons. The van der Waals surface area contributed by atoms with Crippen molar-refractivity contribution in [3.63, 3.8) is 0 Å². The maximum absolute atomic E-state index is 14.2. The Morgan fingerprint density at radius 2 is 2.14 bits per heavy atom. The Bertz CT molecular complexity index is 596. The molecule has 1 saturated carbocycles. The second-order valence-electron chi connectivity index (χ2n) is 6.99. The van der Waals surface area contributed by atoms with Crippen LogP contribution >= 0.6 is 0 Å². The fraction of sp³-hybridized carbons (Fsp3) is 0.588. The Morgan fingerprint density at radius 3 is 2.68 bits per heavy atom. The van der Waals surface area contributed by atoms with Gasteiger partial charge < -0.3 is 10.1 Å². The van der Waals surface area contributed by atoms with Gasteiger partial charge in [0.15, 0.2) is 0 Å². The van der Waals surface area contributed by atoms with Crippen LogP contribution in [0.25, 0.3) is 0 Å². The summed E-state index contributed by atoms with van der Waals surface area (Å²) < 4.78 is 32.7. The van der Waals surface area contributed by atoms with Crippen LogP contribution in [0.3, 0.4) is 0 Å². The van der Waals surface area contributed by atoms with Gasteiger partial charge in [-0.25, -0.2) is 8.78 Å². The van der Waals surface area contributed by atoms with Crippen LogP contribution in [-0.4, -0.2) is 25.2 Å². The fourth-order valence-electron chi connectivity index (χ4n) is 3.58. The molecule has 1 amide bonds. The van der Waals surface area contributed by atoms with E-state index in [4.69, 9.17) is 4.74 Å². The molecular weight excluding hydrogens is 288 g/mol. The maximum atomic E-state index is 14.2. The minimum Gasteiger partial charge on any atom is -0.368 e. The van der Waals surface area contributed by atoms with Crippen molar-refractivity contribution in [3.8, 4) is 0 Å². The first-order chi connectivity index (χ1) is 10.4. The summed E-state index contributed by atoms with van der Waals surface area (Å²) >= 11 is 0. The number of benzene rings is 1. The predicted molar refractivity (Wildman–Crippen MR) is 78.4 cm³/mol. The lowest BCUT2D eigenvalue weighted by molar-refractivity contribution is -0.130. The van der Waals surface area contributed by atoms with Crippen molar-refractivity contribution in [1.82, 2.24) is 5.32 Å². The summed E-state index contributed by atoms with van der Waals surface area (Å²) in [5.41, 5.74) is -0.124. The molecule has 1 N–H and O–H groups in total. The van der Waals surface area contributed by atoms with E-state index in [1.165, 1.54) is 12.1 Å². The van der Waals surface area contributed by atoms with Crippen molar-refractivity contribution in [2.75, 3.05) is 13.2 Å². The second-order valence-corrected chi connectivity index (χ2v) is 6.99. The zero-order valence-electron chi connectivity index (χ0n) is 12.9. The average molecular weight is 309 g/mol. The van der Waals surface area contributed by atoms with Gasteiger partial charge in [-0.1, -0.05) is 19.9 Å². The van der Waals surface area contributed by atoms with Crippen LogP contribution in [-0.2, 0) is 14.9 Å². The molecule has 5 heteroatoms. The van der Waals surface area contributed by atoms with Gasteiger partial charge in [-0.15, -0.1) is 0 Å². The van der Waals surface area contributed by atoms with E-state index in [-0.39, 0.29) is 11.3 Å².